The Hall–Kier alpha value is -1.04. The number of rotatable bonds is 4. The smallest absolute Gasteiger partial charge is 0.230 e. The molecule has 17 heavy (non-hydrogen) atoms. The summed E-state index contributed by atoms with van der Waals surface area (Å²) >= 11 is 1.44. The predicted molar refractivity (Wildman–Crippen MR) is 66.9 cm³/mol. The van der Waals surface area contributed by atoms with Gasteiger partial charge in [0.15, 0.2) is 5.16 Å². The Labute approximate surface area is 105 Å². The van der Waals surface area contributed by atoms with Crippen LogP contribution in [0.5, 0.6) is 0 Å². The molecule has 6 heteroatoms. The first-order valence-electron chi connectivity index (χ1n) is 5.95. The Morgan fingerprint density at radius 2 is 2.18 bits per heavy atom. The van der Waals surface area contributed by atoms with Gasteiger partial charge in [0.25, 0.3) is 0 Å². The minimum absolute atomic E-state index is 0.0996. The zero-order valence-electron chi connectivity index (χ0n) is 10.3. The molecule has 0 radical (unpaired) electrons. The van der Waals surface area contributed by atoms with E-state index in [1.54, 1.807) is 0 Å². The van der Waals surface area contributed by atoms with Gasteiger partial charge in [-0.2, -0.15) is 0 Å². The minimum Gasteiger partial charge on any atom is -0.353 e. The van der Waals surface area contributed by atoms with E-state index in [1.807, 2.05) is 18.5 Å². The van der Waals surface area contributed by atoms with E-state index in [9.17, 15) is 4.79 Å². The van der Waals surface area contributed by atoms with Crippen LogP contribution < -0.4 is 5.32 Å². The first-order chi connectivity index (χ1) is 8.16. The summed E-state index contributed by atoms with van der Waals surface area (Å²) in [5.74, 6) is 1.38. The van der Waals surface area contributed by atoms with Crippen LogP contribution in [0, 0.1) is 6.92 Å². The highest BCUT2D eigenvalue weighted by atomic mass is 32.2. The lowest BCUT2D eigenvalue weighted by Gasteiger charge is -2.11. The number of carbonyl (C=O) groups excluding carboxylic acids is 1. The van der Waals surface area contributed by atoms with Crippen LogP contribution in [-0.2, 0) is 11.8 Å². The van der Waals surface area contributed by atoms with Crippen LogP contribution in [-0.4, -0.2) is 32.5 Å². The van der Waals surface area contributed by atoms with Gasteiger partial charge in [-0.15, -0.1) is 10.2 Å². The van der Waals surface area contributed by atoms with Crippen molar-refractivity contribution in [3.8, 4) is 0 Å². The van der Waals surface area contributed by atoms with Crippen LogP contribution in [0.25, 0.3) is 0 Å². The molecule has 0 unspecified atom stereocenters. The van der Waals surface area contributed by atoms with Crippen molar-refractivity contribution in [2.75, 3.05) is 5.75 Å². The predicted octanol–water partition coefficient (Wildman–Crippen LogP) is 1.27. The number of aromatic nitrogens is 3. The van der Waals surface area contributed by atoms with Crippen molar-refractivity contribution in [2.24, 2.45) is 7.05 Å². The molecule has 1 aliphatic carbocycles. The van der Waals surface area contributed by atoms with E-state index in [0.29, 0.717) is 11.8 Å². The molecule has 1 heterocycles. The van der Waals surface area contributed by atoms with Gasteiger partial charge in [-0.1, -0.05) is 24.6 Å². The molecule has 5 nitrogen and oxygen atoms in total. The van der Waals surface area contributed by atoms with Crippen molar-refractivity contribution in [3.63, 3.8) is 0 Å². The number of nitrogens with zero attached hydrogens (tertiary/aromatic N) is 3. The Morgan fingerprint density at radius 3 is 2.76 bits per heavy atom. The van der Waals surface area contributed by atoms with Crippen LogP contribution >= 0.6 is 11.8 Å². The summed E-state index contributed by atoms with van der Waals surface area (Å²) in [6.45, 7) is 1.90. The molecule has 0 spiro atoms. The van der Waals surface area contributed by atoms with E-state index < -0.39 is 0 Å². The summed E-state index contributed by atoms with van der Waals surface area (Å²) in [4.78, 5) is 11.7. The molecule has 1 aromatic heterocycles. The van der Waals surface area contributed by atoms with Crippen molar-refractivity contribution in [2.45, 2.75) is 43.8 Å². The van der Waals surface area contributed by atoms with Crippen molar-refractivity contribution in [1.82, 2.24) is 20.1 Å². The third kappa shape index (κ3) is 3.21. The van der Waals surface area contributed by atoms with E-state index in [2.05, 4.69) is 15.5 Å². The maximum Gasteiger partial charge on any atom is 0.230 e. The lowest BCUT2D eigenvalue weighted by atomic mass is 10.2. The fourth-order valence-corrected chi connectivity index (χ4v) is 2.75. The van der Waals surface area contributed by atoms with E-state index in [4.69, 9.17) is 0 Å². The maximum atomic E-state index is 11.7. The Kier molecular flexibility index (Phi) is 4.04. The number of aryl methyl sites for hydroxylation is 1. The minimum atomic E-state index is 0.0996. The highest BCUT2D eigenvalue weighted by Gasteiger charge is 2.17. The molecule has 1 saturated carbocycles. The van der Waals surface area contributed by atoms with E-state index in [0.717, 1.165) is 23.8 Å². The molecule has 94 valence electrons. The van der Waals surface area contributed by atoms with Gasteiger partial charge in [0, 0.05) is 13.1 Å². The van der Waals surface area contributed by atoms with Crippen molar-refractivity contribution >= 4 is 17.7 Å². The van der Waals surface area contributed by atoms with Gasteiger partial charge in [-0.05, 0) is 19.8 Å². The summed E-state index contributed by atoms with van der Waals surface area (Å²) in [7, 11) is 1.91. The number of thioether (sulfide) groups is 1. The molecule has 0 aliphatic heterocycles. The summed E-state index contributed by atoms with van der Waals surface area (Å²) in [6, 6.07) is 0.393. The van der Waals surface area contributed by atoms with E-state index in [1.165, 1.54) is 24.6 Å². The summed E-state index contributed by atoms with van der Waals surface area (Å²) in [5.41, 5.74) is 0. The number of hydrogen-bond acceptors (Lipinski definition) is 4. The van der Waals surface area contributed by atoms with Crippen LogP contribution in [0.2, 0.25) is 0 Å². The summed E-state index contributed by atoms with van der Waals surface area (Å²) in [6.07, 6.45) is 4.72. The first kappa shape index (κ1) is 12.4. The first-order valence-corrected chi connectivity index (χ1v) is 6.93. The number of carbonyl (C=O) groups is 1. The second-order valence-electron chi connectivity index (χ2n) is 4.43. The Bertz CT molecular complexity index is 398. The SMILES string of the molecule is Cc1nnc(SCC(=O)NC2CCCC2)n1C. The lowest BCUT2D eigenvalue weighted by Crippen LogP contribution is -2.33. The van der Waals surface area contributed by atoms with Gasteiger partial charge in [-0.3, -0.25) is 4.79 Å². The average Bonchev–Trinajstić information content (AvgIpc) is 2.90. The van der Waals surface area contributed by atoms with Gasteiger partial charge in [-0.25, -0.2) is 0 Å². The average molecular weight is 254 g/mol. The molecule has 1 aromatic rings. The molecular weight excluding hydrogens is 236 g/mol. The number of nitrogens with one attached hydrogen (secondary N) is 1. The molecule has 1 N–H and O–H groups in total. The monoisotopic (exact) mass is 254 g/mol. The molecule has 2 rings (SSSR count). The van der Waals surface area contributed by atoms with Crippen LogP contribution in [0.4, 0.5) is 0 Å². The molecule has 0 aromatic carbocycles. The molecular formula is C11H18N4OS. The fraction of sp³-hybridized carbons (Fsp3) is 0.727. The van der Waals surface area contributed by atoms with Crippen LogP contribution in [0.15, 0.2) is 5.16 Å². The third-order valence-electron chi connectivity index (χ3n) is 3.11. The molecule has 1 amide bonds. The van der Waals surface area contributed by atoms with Crippen molar-refractivity contribution < 1.29 is 4.79 Å². The molecule has 0 bridgehead atoms. The molecule has 0 saturated heterocycles. The van der Waals surface area contributed by atoms with Gasteiger partial charge in [0.2, 0.25) is 5.91 Å². The summed E-state index contributed by atoms with van der Waals surface area (Å²) < 4.78 is 1.90. The number of hydrogen-bond donors (Lipinski definition) is 1. The maximum absolute atomic E-state index is 11.7. The van der Waals surface area contributed by atoms with Crippen LogP contribution in [0.3, 0.4) is 0 Å². The quantitative estimate of drug-likeness (QED) is 0.822. The van der Waals surface area contributed by atoms with Gasteiger partial charge >= 0.3 is 0 Å². The fourth-order valence-electron chi connectivity index (χ4n) is 1.98. The van der Waals surface area contributed by atoms with Crippen LogP contribution in [0.1, 0.15) is 31.5 Å². The van der Waals surface area contributed by atoms with E-state index in [-0.39, 0.29) is 5.91 Å². The highest BCUT2D eigenvalue weighted by Crippen LogP contribution is 2.19. The highest BCUT2D eigenvalue weighted by molar-refractivity contribution is 7.99. The second kappa shape index (κ2) is 5.53. The van der Waals surface area contributed by atoms with Crippen molar-refractivity contribution in [3.05, 3.63) is 5.82 Å². The third-order valence-corrected chi connectivity index (χ3v) is 4.13. The van der Waals surface area contributed by atoms with Gasteiger partial charge in [0.05, 0.1) is 5.75 Å². The second-order valence-corrected chi connectivity index (χ2v) is 5.37. The molecule has 0 atom stereocenters. The standard InChI is InChI=1S/C11H18N4OS/c1-8-13-14-11(15(8)2)17-7-10(16)12-9-5-3-4-6-9/h9H,3-7H2,1-2H3,(H,12,16). The molecule has 1 fully saturated rings. The zero-order chi connectivity index (χ0) is 12.3. The topological polar surface area (TPSA) is 59.8 Å². The van der Waals surface area contributed by atoms with E-state index >= 15 is 0 Å². The molecule has 1 aliphatic rings. The summed E-state index contributed by atoms with van der Waals surface area (Å²) in [5, 5.41) is 11.8. The Balaban J connectivity index is 1.77. The van der Waals surface area contributed by atoms with Crippen molar-refractivity contribution in [1.29, 1.82) is 0 Å². The lowest BCUT2D eigenvalue weighted by molar-refractivity contribution is -0.119. The zero-order valence-corrected chi connectivity index (χ0v) is 11.1. The largest absolute Gasteiger partial charge is 0.353 e. The normalized spacial score (nSPS) is 16.4. The number of amides is 1. The van der Waals surface area contributed by atoms with Gasteiger partial charge in [0.1, 0.15) is 5.82 Å². The van der Waals surface area contributed by atoms with Gasteiger partial charge < -0.3 is 9.88 Å². The Morgan fingerprint density at radius 1 is 1.47 bits per heavy atom.